The van der Waals surface area contributed by atoms with Crippen LogP contribution in [-0.2, 0) is 10.0 Å². The number of hydrogen-bond acceptors (Lipinski definition) is 4. The normalized spacial score (nSPS) is 15.0. The van der Waals surface area contributed by atoms with E-state index < -0.39 is 15.6 Å². The minimum atomic E-state index is -3.83. The van der Waals surface area contributed by atoms with Gasteiger partial charge in [-0.1, -0.05) is 25.4 Å². The van der Waals surface area contributed by atoms with Crippen molar-refractivity contribution in [3.63, 3.8) is 0 Å². The predicted octanol–water partition coefficient (Wildman–Crippen LogP) is 2.76. The molecule has 1 atom stereocenters. The molecule has 0 saturated carbocycles. The fourth-order valence-electron chi connectivity index (χ4n) is 1.69. The predicted molar refractivity (Wildman–Crippen MR) is 88.3 cm³/mol. The van der Waals surface area contributed by atoms with Crippen LogP contribution in [0.2, 0.25) is 5.02 Å². The maximum atomic E-state index is 12.7. The zero-order chi connectivity index (χ0) is 16.4. The van der Waals surface area contributed by atoms with Crippen molar-refractivity contribution in [3.05, 3.63) is 21.6 Å². The highest BCUT2D eigenvalue weighted by Gasteiger charge is 2.34. The van der Waals surface area contributed by atoms with Crippen LogP contribution in [0.1, 0.15) is 20.8 Å². The lowest BCUT2D eigenvalue weighted by atomic mass is 9.90. The Labute approximate surface area is 139 Å². The van der Waals surface area contributed by atoms with Crippen molar-refractivity contribution in [1.29, 1.82) is 0 Å². The quantitative estimate of drug-likeness (QED) is 0.770. The van der Waals surface area contributed by atoms with Crippen molar-refractivity contribution in [2.24, 2.45) is 11.7 Å². The topological polar surface area (TPSA) is 81.4 Å². The average molecular weight is 400 g/mol. The molecule has 1 unspecified atom stereocenters. The van der Waals surface area contributed by atoms with E-state index in [1.807, 2.05) is 13.8 Å². The SMILES string of the molecule is COc1c(Br)cc(Cl)cc1S(=O)(=O)NC(C)(CN)C(C)C. The molecule has 0 heterocycles. The number of methoxy groups -OCH3 is 1. The number of benzene rings is 1. The van der Waals surface area contributed by atoms with Crippen molar-refractivity contribution in [2.45, 2.75) is 31.2 Å². The van der Waals surface area contributed by atoms with Crippen LogP contribution in [-0.4, -0.2) is 27.6 Å². The van der Waals surface area contributed by atoms with Crippen molar-refractivity contribution >= 4 is 37.6 Å². The number of ether oxygens (including phenoxy) is 1. The van der Waals surface area contributed by atoms with Crippen LogP contribution in [0.4, 0.5) is 0 Å². The lowest BCUT2D eigenvalue weighted by Gasteiger charge is -2.33. The first-order valence-corrected chi connectivity index (χ1v) is 9.00. The van der Waals surface area contributed by atoms with Crippen LogP contribution in [0.5, 0.6) is 5.75 Å². The van der Waals surface area contributed by atoms with Crippen molar-refractivity contribution in [3.8, 4) is 5.75 Å². The zero-order valence-corrected chi connectivity index (χ0v) is 15.6. The van der Waals surface area contributed by atoms with Gasteiger partial charge in [0, 0.05) is 17.1 Å². The Balaban J connectivity index is 3.38. The summed E-state index contributed by atoms with van der Waals surface area (Å²) in [6.45, 7) is 5.75. The lowest BCUT2D eigenvalue weighted by Crippen LogP contribution is -2.54. The van der Waals surface area contributed by atoms with Crippen molar-refractivity contribution in [2.75, 3.05) is 13.7 Å². The number of nitrogens with two attached hydrogens (primary N) is 1. The van der Waals surface area contributed by atoms with E-state index in [0.717, 1.165) is 0 Å². The van der Waals surface area contributed by atoms with Crippen LogP contribution >= 0.6 is 27.5 Å². The van der Waals surface area contributed by atoms with Gasteiger partial charge in [-0.2, -0.15) is 0 Å². The van der Waals surface area contributed by atoms with Crippen LogP contribution in [0, 0.1) is 5.92 Å². The Bertz CT molecular complexity index is 622. The van der Waals surface area contributed by atoms with E-state index in [9.17, 15) is 8.42 Å². The Hall–Kier alpha value is -0.340. The monoisotopic (exact) mass is 398 g/mol. The Kier molecular flexibility index (Phi) is 6.08. The molecule has 21 heavy (non-hydrogen) atoms. The molecule has 0 aliphatic rings. The Morgan fingerprint density at radius 2 is 2.05 bits per heavy atom. The highest BCUT2D eigenvalue weighted by Crippen LogP contribution is 2.36. The first-order chi connectivity index (χ1) is 9.57. The molecule has 1 aromatic carbocycles. The van der Waals surface area contributed by atoms with Crippen LogP contribution in [0.15, 0.2) is 21.5 Å². The molecule has 0 amide bonds. The Morgan fingerprint density at radius 1 is 1.48 bits per heavy atom. The second-order valence-corrected chi connectivity index (χ2v) is 8.24. The molecule has 1 aromatic rings. The van der Waals surface area contributed by atoms with E-state index in [0.29, 0.717) is 9.50 Å². The van der Waals surface area contributed by atoms with Gasteiger partial charge in [-0.15, -0.1) is 0 Å². The third kappa shape index (κ3) is 4.10. The van der Waals surface area contributed by atoms with Gasteiger partial charge in [0.2, 0.25) is 10.0 Å². The van der Waals surface area contributed by atoms with E-state index in [4.69, 9.17) is 22.1 Å². The van der Waals surface area contributed by atoms with Crippen molar-refractivity contribution in [1.82, 2.24) is 4.72 Å². The average Bonchev–Trinajstić information content (AvgIpc) is 2.37. The van der Waals surface area contributed by atoms with Gasteiger partial charge >= 0.3 is 0 Å². The zero-order valence-electron chi connectivity index (χ0n) is 12.4. The summed E-state index contributed by atoms with van der Waals surface area (Å²) in [4.78, 5) is -0.0234. The fraction of sp³-hybridized carbons (Fsp3) is 0.538. The molecule has 0 aromatic heterocycles. The third-order valence-corrected chi connectivity index (χ3v) is 5.96. The van der Waals surface area contributed by atoms with Gasteiger partial charge in [0.25, 0.3) is 0 Å². The van der Waals surface area contributed by atoms with Gasteiger partial charge in [0.1, 0.15) is 4.90 Å². The van der Waals surface area contributed by atoms with E-state index >= 15 is 0 Å². The summed E-state index contributed by atoms with van der Waals surface area (Å²) in [5.41, 5.74) is 4.96. The molecular weight excluding hydrogens is 380 g/mol. The molecule has 0 fully saturated rings. The summed E-state index contributed by atoms with van der Waals surface area (Å²) in [7, 11) is -2.43. The molecule has 0 saturated heterocycles. The standard InChI is InChI=1S/C13H20BrClN2O3S/c1-8(2)13(3,7-16)17-21(18,19)11-6-9(15)5-10(14)12(11)20-4/h5-6,8,17H,7,16H2,1-4H3. The Morgan fingerprint density at radius 3 is 2.48 bits per heavy atom. The molecule has 3 N–H and O–H groups in total. The first-order valence-electron chi connectivity index (χ1n) is 6.34. The van der Waals surface area contributed by atoms with Crippen LogP contribution in [0.3, 0.4) is 0 Å². The summed E-state index contributed by atoms with van der Waals surface area (Å²) in [6, 6.07) is 2.93. The number of nitrogens with one attached hydrogen (secondary N) is 1. The largest absolute Gasteiger partial charge is 0.494 e. The minimum absolute atomic E-state index is 0.0193. The second-order valence-electron chi connectivity index (χ2n) is 5.30. The number of hydrogen-bond donors (Lipinski definition) is 2. The van der Waals surface area contributed by atoms with Crippen molar-refractivity contribution < 1.29 is 13.2 Å². The molecule has 5 nitrogen and oxygen atoms in total. The molecule has 8 heteroatoms. The van der Waals surface area contributed by atoms with Gasteiger partial charge in [-0.3, -0.25) is 0 Å². The highest BCUT2D eigenvalue weighted by molar-refractivity contribution is 9.10. The smallest absolute Gasteiger partial charge is 0.244 e. The first kappa shape index (κ1) is 18.7. The number of rotatable bonds is 6. The maximum Gasteiger partial charge on any atom is 0.244 e. The molecule has 0 aliphatic carbocycles. The maximum absolute atomic E-state index is 12.7. The molecule has 0 bridgehead atoms. The van der Waals surface area contributed by atoms with Gasteiger partial charge in [0.15, 0.2) is 5.75 Å². The molecule has 1 rings (SSSR count). The minimum Gasteiger partial charge on any atom is -0.494 e. The molecule has 0 radical (unpaired) electrons. The van der Waals surface area contributed by atoms with Crippen LogP contribution in [0.25, 0.3) is 0 Å². The summed E-state index contributed by atoms with van der Waals surface area (Å²) in [6.07, 6.45) is 0. The van der Waals surface area contributed by atoms with E-state index in [1.165, 1.54) is 13.2 Å². The highest BCUT2D eigenvalue weighted by atomic mass is 79.9. The van der Waals surface area contributed by atoms with E-state index in [1.54, 1.807) is 13.0 Å². The van der Waals surface area contributed by atoms with Gasteiger partial charge < -0.3 is 10.5 Å². The summed E-state index contributed by atoms with van der Waals surface area (Å²) in [5.74, 6) is 0.223. The van der Waals surface area contributed by atoms with E-state index in [-0.39, 0.29) is 23.1 Å². The fourth-order valence-corrected chi connectivity index (χ4v) is 4.62. The second kappa shape index (κ2) is 6.83. The number of halogens is 2. The van der Waals surface area contributed by atoms with Gasteiger partial charge in [0.05, 0.1) is 11.6 Å². The molecular formula is C13H20BrClN2O3S. The molecule has 0 aliphatic heterocycles. The summed E-state index contributed by atoms with van der Waals surface area (Å²) < 4.78 is 33.6. The van der Waals surface area contributed by atoms with E-state index in [2.05, 4.69) is 20.7 Å². The number of sulfonamides is 1. The summed E-state index contributed by atoms with van der Waals surface area (Å²) in [5, 5.41) is 0.294. The van der Waals surface area contributed by atoms with Gasteiger partial charge in [-0.25, -0.2) is 13.1 Å². The molecule has 120 valence electrons. The van der Waals surface area contributed by atoms with Crippen LogP contribution < -0.4 is 15.2 Å². The lowest BCUT2D eigenvalue weighted by molar-refractivity contribution is 0.314. The third-order valence-electron chi connectivity index (χ3n) is 3.53. The molecule has 0 spiro atoms. The summed E-state index contributed by atoms with van der Waals surface area (Å²) >= 11 is 9.20. The van der Waals surface area contributed by atoms with Gasteiger partial charge in [-0.05, 0) is 40.9 Å².